The minimum atomic E-state index is -4.59. The predicted octanol–water partition coefficient (Wildman–Crippen LogP) is 5.82. The first kappa shape index (κ1) is 19.9. The Hall–Kier alpha value is -3.39. The van der Waals surface area contributed by atoms with Crippen LogP contribution in [-0.4, -0.2) is 18.2 Å². The lowest BCUT2D eigenvalue weighted by Gasteiger charge is -2.10. The van der Waals surface area contributed by atoms with Gasteiger partial charge in [0.1, 0.15) is 0 Å². The highest BCUT2D eigenvalue weighted by molar-refractivity contribution is 7.49. The second-order valence-corrected chi connectivity index (χ2v) is 8.44. The van der Waals surface area contributed by atoms with Crippen LogP contribution in [0.2, 0.25) is 0 Å². The number of aromatic carboxylic acids is 1. The molecule has 0 aliphatic heterocycles. The Labute approximate surface area is 170 Å². The molecule has 0 bridgehead atoms. The van der Waals surface area contributed by atoms with Crippen molar-refractivity contribution in [2.45, 2.75) is 6.18 Å². The first-order valence-electron chi connectivity index (χ1n) is 8.73. The molecule has 0 fully saturated rings. The maximum Gasteiger partial charge on any atom is 0.416 e. The number of halogens is 3. The number of hydrogen-bond donors (Lipinski definition) is 1. The zero-order valence-corrected chi connectivity index (χ0v) is 16.3. The highest BCUT2D eigenvalue weighted by atomic mass is 32.2. The Bertz CT molecular complexity index is 1370. The van der Waals surface area contributed by atoms with Gasteiger partial charge in [0.05, 0.1) is 29.0 Å². The molecular weight excluding hydrogens is 417 g/mol. The van der Waals surface area contributed by atoms with Gasteiger partial charge in [0.15, 0.2) is 15.1 Å². The fraction of sp³-hybridized carbons (Fsp3) is 0.0909. The van der Waals surface area contributed by atoms with Gasteiger partial charge in [0.2, 0.25) is 10.3 Å². The molecule has 0 saturated carbocycles. The normalized spacial score (nSPS) is 12.3. The molecule has 0 spiro atoms. The number of carbonyl (C=O) groups is 1. The number of methoxy groups -OCH3 is 1. The van der Waals surface area contributed by atoms with Crippen LogP contribution in [0, 0.1) is 0 Å². The number of carboxylic acids is 1. The van der Waals surface area contributed by atoms with Crippen LogP contribution in [0.4, 0.5) is 13.2 Å². The summed E-state index contributed by atoms with van der Waals surface area (Å²) in [6.07, 6.45) is -4.59. The number of alkyl halides is 3. The molecule has 1 unspecified atom stereocenters. The van der Waals surface area contributed by atoms with Crippen molar-refractivity contribution in [1.82, 2.24) is 0 Å². The largest absolute Gasteiger partial charge is 0.491 e. The fourth-order valence-electron chi connectivity index (χ4n) is 3.36. The molecule has 30 heavy (non-hydrogen) atoms. The molecule has 4 nitrogen and oxygen atoms in total. The average Bonchev–Trinajstić information content (AvgIpc) is 2.73. The van der Waals surface area contributed by atoms with E-state index >= 15 is 0 Å². The first-order chi connectivity index (χ1) is 14.2. The van der Waals surface area contributed by atoms with Gasteiger partial charge >= 0.3 is 12.1 Å². The quantitative estimate of drug-likeness (QED) is 0.328. The van der Waals surface area contributed by atoms with Crippen LogP contribution in [0.5, 0.6) is 5.75 Å². The molecule has 1 N–H and O–H groups in total. The molecule has 0 saturated heterocycles. The summed E-state index contributed by atoms with van der Waals surface area (Å²) in [6.45, 7) is 0. The van der Waals surface area contributed by atoms with E-state index in [1.165, 1.54) is 31.4 Å². The highest BCUT2D eigenvalue weighted by Crippen LogP contribution is 2.48. The van der Waals surface area contributed by atoms with Gasteiger partial charge in [-0.3, -0.25) is 4.79 Å². The molecule has 3 aromatic carbocycles. The molecule has 1 atom stereocenters. The molecule has 8 heteroatoms. The number of carboxylic acid groups (broad SMARTS) is 1. The first-order valence-corrected chi connectivity index (χ1v) is 9.95. The van der Waals surface area contributed by atoms with E-state index in [4.69, 9.17) is 4.74 Å². The number of hydrogen-bond acceptors (Lipinski definition) is 3. The summed E-state index contributed by atoms with van der Waals surface area (Å²) in [5.74, 6) is -0.755. The van der Waals surface area contributed by atoms with Gasteiger partial charge in [-0.1, -0.05) is 12.1 Å². The van der Waals surface area contributed by atoms with Crippen molar-refractivity contribution in [3.8, 4) is 10.6 Å². The average molecular weight is 431 g/mol. The Kier molecular flexibility index (Phi) is 4.74. The van der Waals surface area contributed by atoms with Gasteiger partial charge in [-0.25, -0.2) is 4.79 Å². The third-order valence-electron chi connectivity index (χ3n) is 4.75. The maximum atomic E-state index is 13.3. The Morgan fingerprint density at radius 2 is 1.67 bits per heavy atom. The summed E-state index contributed by atoms with van der Waals surface area (Å²) >= 11 is 0. The number of rotatable bonds is 3. The molecule has 1 heterocycles. The summed E-state index contributed by atoms with van der Waals surface area (Å²) in [5, 5.41) is 9.65. The fourth-order valence-corrected chi connectivity index (χ4v) is 5.84. The summed E-state index contributed by atoms with van der Waals surface area (Å²) in [6, 6.07) is 14.1. The monoisotopic (exact) mass is 431 g/mol. The highest BCUT2D eigenvalue weighted by Gasteiger charge is 2.33. The molecule has 0 radical (unpaired) electrons. The lowest BCUT2D eigenvalue weighted by atomic mass is 10.1. The topological polar surface area (TPSA) is 63.6 Å². The minimum absolute atomic E-state index is 0.0149. The summed E-state index contributed by atoms with van der Waals surface area (Å²) in [5.41, 5.74) is -1.39. The van der Waals surface area contributed by atoms with Gasteiger partial charge in [0.25, 0.3) is 0 Å². The zero-order chi connectivity index (χ0) is 21.6. The lowest BCUT2D eigenvalue weighted by molar-refractivity contribution is -0.137. The van der Waals surface area contributed by atoms with Crippen LogP contribution in [0.3, 0.4) is 0 Å². The van der Waals surface area contributed by atoms with Crippen LogP contribution >= 0.6 is 10.5 Å². The van der Waals surface area contributed by atoms with Crippen molar-refractivity contribution in [3.05, 3.63) is 82.0 Å². The van der Waals surface area contributed by atoms with Gasteiger partial charge in [0, 0.05) is 16.5 Å². The Balaban J connectivity index is 2.22. The molecule has 152 valence electrons. The SMILES string of the molecule is COc1ccc(C(=O)O)cc1-[s+]1c2ccccc2c(=O)c2cc(C(F)(F)F)ccc21. The van der Waals surface area contributed by atoms with Crippen LogP contribution in [-0.2, 0) is 6.18 Å². The number of ether oxygens (including phenoxy) is 1. The van der Waals surface area contributed by atoms with E-state index in [9.17, 15) is 27.9 Å². The summed E-state index contributed by atoms with van der Waals surface area (Å²) in [7, 11) is 0.399. The standard InChI is InChI=1S/C22H13F3O4S/c1-29-16-8-6-12(21(27)28)10-19(16)30-17-5-3-2-4-14(17)20(26)15-11-13(22(23,24)25)7-9-18(15)30/h2-11H,1H3/p+1. The maximum absolute atomic E-state index is 13.3. The predicted molar refractivity (Wildman–Crippen MR) is 110 cm³/mol. The number of fused-ring (bicyclic) bond motifs is 2. The summed E-state index contributed by atoms with van der Waals surface area (Å²) in [4.78, 5) is 25.0. The van der Waals surface area contributed by atoms with Crippen molar-refractivity contribution in [2.75, 3.05) is 7.11 Å². The zero-order valence-electron chi connectivity index (χ0n) is 15.5. The van der Waals surface area contributed by atoms with Gasteiger partial charge in [-0.2, -0.15) is 13.2 Å². The van der Waals surface area contributed by atoms with E-state index in [1.807, 2.05) is 0 Å². The van der Waals surface area contributed by atoms with Gasteiger partial charge in [-0.15, -0.1) is 0 Å². The third kappa shape index (κ3) is 3.19. The van der Waals surface area contributed by atoms with Crippen LogP contribution in [0.1, 0.15) is 15.9 Å². The molecule has 1 aromatic heterocycles. The summed E-state index contributed by atoms with van der Waals surface area (Å²) < 4.78 is 46.2. The van der Waals surface area contributed by atoms with Gasteiger partial charge < -0.3 is 9.84 Å². The third-order valence-corrected chi connectivity index (χ3v) is 7.10. The van der Waals surface area contributed by atoms with Crippen LogP contribution in [0.15, 0.2) is 65.5 Å². The van der Waals surface area contributed by atoms with Crippen molar-refractivity contribution in [2.24, 2.45) is 0 Å². The van der Waals surface area contributed by atoms with E-state index in [0.29, 0.717) is 20.0 Å². The van der Waals surface area contributed by atoms with E-state index < -0.39 is 33.6 Å². The van der Waals surface area contributed by atoms with Crippen molar-refractivity contribution < 1.29 is 27.8 Å². The second kappa shape index (κ2) is 7.14. The molecule has 0 aliphatic rings. The van der Waals surface area contributed by atoms with Crippen LogP contribution in [0.25, 0.3) is 25.1 Å². The molecule has 0 aliphatic carbocycles. The van der Waals surface area contributed by atoms with E-state index in [2.05, 4.69) is 0 Å². The van der Waals surface area contributed by atoms with Crippen molar-refractivity contribution in [1.29, 1.82) is 0 Å². The lowest BCUT2D eigenvalue weighted by Crippen LogP contribution is -2.08. The van der Waals surface area contributed by atoms with E-state index in [0.717, 1.165) is 12.1 Å². The number of benzene rings is 3. The minimum Gasteiger partial charge on any atom is -0.491 e. The Morgan fingerprint density at radius 3 is 2.33 bits per heavy atom. The molecule has 0 amide bonds. The smallest absolute Gasteiger partial charge is 0.416 e. The van der Waals surface area contributed by atoms with E-state index in [1.54, 1.807) is 24.3 Å². The van der Waals surface area contributed by atoms with E-state index in [-0.39, 0.29) is 16.3 Å². The molecule has 4 rings (SSSR count). The van der Waals surface area contributed by atoms with Gasteiger partial charge in [-0.05, 0) is 42.5 Å². The molecule has 4 aromatic rings. The molecular formula is C22H14F3O4S+. The van der Waals surface area contributed by atoms with Crippen molar-refractivity contribution in [3.63, 3.8) is 0 Å². The Morgan fingerprint density at radius 1 is 0.967 bits per heavy atom. The second-order valence-electron chi connectivity index (χ2n) is 6.51. The van der Waals surface area contributed by atoms with Crippen molar-refractivity contribution >= 4 is 36.6 Å². The van der Waals surface area contributed by atoms with Crippen LogP contribution < -0.4 is 10.2 Å².